The molecule has 2 aromatic rings. The van der Waals surface area contributed by atoms with Gasteiger partial charge in [-0.1, -0.05) is 24.3 Å². The molecule has 3 rings (SSSR count). The monoisotopic (exact) mass is 531 g/mol. The average molecular weight is 532 g/mol. The summed E-state index contributed by atoms with van der Waals surface area (Å²) in [5.74, 6) is -0.454. The van der Waals surface area contributed by atoms with Gasteiger partial charge in [0.25, 0.3) is 5.91 Å². The number of alkyl halides is 3. The van der Waals surface area contributed by atoms with Gasteiger partial charge in [0.15, 0.2) is 0 Å². The van der Waals surface area contributed by atoms with Crippen LogP contribution in [0.15, 0.2) is 66.4 Å². The van der Waals surface area contributed by atoms with Gasteiger partial charge in [0.2, 0.25) is 5.88 Å². The molecule has 0 spiro atoms. The molecule has 38 heavy (non-hydrogen) atoms. The Morgan fingerprint density at radius 3 is 2.53 bits per heavy atom. The van der Waals surface area contributed by atoms with Crippen molar-refractivity contribution in [2.45, 2.75) is 40.2 Å². The second-order valence-corrected chi connectivity index (χ2v) is 9.06. The van der Waals surface area contributed by atoms with Gasteiger partial charge in [0.1, 0.15) is 11.4 Å². The summed E-state index contributed by atoms with van der Waals surface area (Å²) >= 11 is 0. The lowest BCUT2D eigenvalue weighted by atomic mass is 9.99. The van der Waals surface area contributed by atoms with E-state index in [1.165, 1.54) is 18.2 Å². The molecule has 1 amide bonds. The SMILES string of the molecule is C=C/C(=C\C(=C(C)C)c1cnc(OC(C)C)c(N2CCOCC2)c1)C(=O)Nc1cccc(OC(F)(F)F)c1. The Kier molecular flexibility index (Phi) is 9.57. The zero-order valence-corrected chi connectivity index (χ0v) is 21.9. The molecule has 0 aliphatic carbocycles. The van der Waals surface area contributed by atoms with Crippen molar-refractivity contribution in [3.63, 3.8) is 0 Å². The first-order valence-corrected chi connectivity index (χ1v) is 12.2. The van der Waals surface area contributed by atoms with Crippen LogP contribution in [-0.2, 0) is 9.53 Å². The molecule has 1 aliphatic heterocycles. The molecule has 204 valence electrons. The van der Waals surface area contributed by atoms with Gasteiger partial charge in [-0.15, -0.1) is 13.2 Å². The first-order chi connectivity index (χ1) is 18.0. The van der Waals surface area contributed by atoms with Gasteiger partial charge in [-0.25, -0.2) is 4.98 Å². The average Bonchev–Trinajstić information content (AvgIpc) is 2.84. The van der Waals surface area contributed by atoms with E-state index in [2.05, 4.69) is 26.5 Å². The summed E-state index contributed by atoms with van der Waals surface area (Å²) in [6.07, 6.45) is -0.140. The largest absolute Gasteiger partial charge is 0.573 e. The molecule has 0 unspecified atom stereocenters. The molecule has 1 saturated heterocycles. The van der Waals surface area contributed by atoms with Crippen molar-refractivity contribution in [2.75, 3.05) is 36.5 Å². The lowest BCUT2D eigenvalue weighted by molar-refractivity contribution is -0.274. The van der Waals surface area contributed by atoms with Gasteiger partial charge in [-0.3, -0.25) is 4.79 Å². The van der Waals surface area contributed by atoms with Gasteiger partial charge in [-0.05, 0) is 57.5 Å². The Labute approximate surface area is 220 Å². The molecule has 2 heterocycles. The Bertz CT molecular complexity index is 1210. The maximum Gasteiger partial charge on any atom is 0.573 e. The number of nitrogens with zero attached hydrogens (tertiary/aromatic N) is 2. The quantitative estimate of drug-likeness (QED) is 0.309. The highest BCUT2D eigenvalue weighted by atomic mass is 19.4. The predicted octanol–water partition coefficient (Wildman–Crippen LogP) is 6.15. The minimum absolute atomic E-state index is 0.0629. The molecule has 0 atom stereocenters. The maximum absolute atomic E-state index is 13.0. The zero-order chi connectivity index (χ0) is 27.9. The summed E-state index contributed by atoms with van der Waals surface area (Å²) in [5.41, 5.74) is 3.65. The van der Waals surface area contributed by atoms with Crippen molar-refractivity contribution >= 4 is 22.9 Å². The molecule has 10 heteroatoms. The fourth-order valence-corrected chi connectivity index (χ4v) is 3.80. The normalized spacial score (nSPS) is 14.2. The van der Waals surface area contributed by atoms with Crippen molar-refractivity contribution in [1.29, 1.82) is 0 Å². The highest BCUT2D eigenvalue weighted by molar-refractivity contribution is 6.07. The van der Waals surface area contributed by atoms with Gasteiger partial charge in [0, 0.05) is 42.2 Å². The summed E-state index contributed by atoms with van der Waals surface area (Å²) in [5, 5.41) is 2.60. The number of hydrogen-bond acceptors (Lipinski definition) is 6. The van der Waals surface area contributed by atoms with Gasteiger partial charge in [0.05, 0.1) is 19.3 Å². The molecule has 7 nitrogen and oxygen atoms in total. The van der Waals surface area contributed by atoms with Crippen LogP contribution < -0.4 is 19.7 Å². The van der Waals surface area contributed by atoms with Gasteiger partial charge in [-0.2, -0.15) is 0 Å². The number of halogens is 3. The third-order valence-corrected chi connectivity index (χ3v) is 5.49. The van der Waals surface area contributed by atoms with Crippen LogP contribution in [0.2, 0.25) is 0 Å². The lowest BCUT2D eigenvalue weighted by Gasteiger charge is -2.30. The number of aromatic nitrogens is 1. The zero-order valence-electron chi connectivity index (χ0n) is 21.9. The van der Waals surface area contributed by atoms with E-state index in [-0.39, 0.29) is 17.4 Å². The summed E-state index contributed by atoms with van der Waals surface area (Å²) in [4.78, 5) is 19.8. The number of nitrogens with one attached hydrogen (secondary N) is 1. The highest BCUT2D eigenvalue weighted by Crippen LogP contribution is 2.33. The highest BCUT2D eigenvalue weighted by Gasteiger charge is 2.31. The number of allylic oxidation sites excluding steroid dienone is 3. The fraction of sp³-hybridized carbons (Fsp3) is 0.357. The molecule has 1 fully saturated rings. The van der Waals surface area contributed by atoms with Crippen molar-refractivity contribution < 1.29 is 32.2 Å². The van der Waals surface area contributed by atoms with Gasteiger partial charge < -0.3 is 24.4 Å². The van der Waals surface area contributed by atoms with Crippen LogP contribution in [0, 0.1) is 0 Å². The Morgan fingerprint density at radius 1 is 1.21 bits per heavy atom. The van der Waals surface area contributed by atoms with Crippen molar-refractivity contribution in [3.05, 3.63) is 72.0 Å². The smallest absolute Gasteiger partial charge is 0.473 e. The summed E-state index contributed by atoms with van der Waals surface area (Å²) in [6.45, 7) is 14.0. The Hall–Kier alpha value is -3.79. The number of amides is 1. The van der Waals surface area contributed by atoms with E-state index in [4.69, 9.17) is 9.47 Å². The number of benzene rings is 1. The van der Waals surface area contributed by atoms with E-state index < -0.39 is 18.0 Å². The topological polar surface area (TPSA) is 72.9 Å². The number of pyridine rings is 1. The van der Waals surface area contributed by atoms with E-state index in [0.717, 1.165) is 34.5 Å². The van der Waals surface area contributed by atoms with E-state index in [1.54, 1.807) is 12.3 Å². The first kappa shape index (κ1) is 28.8. The van der Waals surface area contributed by atoms with Gasteiger partial charge >= 0.3 is 6.36 Å². The van der Waals surface area contributed by atoms with Crippen LogP contribution in [-0.4, -0.2) is 49.7 Å². The van der Waals surface area contributed by atoms with Crippen LogP contribution in [0.1, 0.15) is 33.3 Å². The first-order valence-electron chi connectivity index (χ1n) is 12.2. The number of ether oxygens (including phenoxy) is 3. The third kappa shape index (κ3) is 8.11. The van der Waals surface area contributed by atoms with E-state index in [0.29, 0.717) is 32.2 Å². The summed E-state index contributed by atoms with van der Waals surface area (Å²) in [7, 11) is 0. The van der Waals surface area contributed by atoms with Crippen molar-refractivity contribution in [1.82, 2.24) is 4.98 Å². The van der Waals surface area contributed by atoms with Crippen LogP contribution in [0.3, 0.4) is 0 Å². The second-order valence-electron chi connectivity index (χ2n) is 9.06. The fourth-order valence-electron chi connectivity index (χ4n) is 3.80. The van der Waals surface area contributed by atoms with E-state index >= 15 is 0 Å². The third-order valence-electron chi connectivity index (χ3n) is 5.49. The van der Waals surface area contributed by atoms with Crippen LogP contribution in [0.5, 0.6) is 11.6 Å². The number of carbonyl (C=O) groups excluding carboxylic acids is 1. The Morgan fingerprint density at radius 2 is 1.92 bits per heavy atom. The number of carbonyl (C=O) groups is 1. The molecule has 0 radical (unpaired) electrons. The predicted molar refractivity (Wildman–Crippen MR) is 141 cm³/mol. The van der Waals surface area contributed by atoms with Crippen LogP contribution in [0.4, 0.5) is 24.5 Å². The lowest BCUT2D eigenvalue weighted by Crippen LogP contribution is -2.36. The minimum atomic E-state index is -4.84. The molecular formula is C28H32F3N3O4. The number of anilines is 2. The molecular weight excluding hydrogens is 499 g/mol. The number of rotatable bonds is 9. The standard InChI is InChI=1S/C28H32F3N3O4/c1-6-20(26(35)33-22-8-7-9-23(16-22)38-28(29,30)31)14-24(18(2)3)21-15-25(34-10-12-36-13-11-34)27(32-17-21)37-19(4)5/h6-9,14-17,19H,1,10-13H2,2-5H3,(H,33,35)/b20-14+. The van der Waals surface area contributed by atoms with Crippen LogP contribution in [0.25, 0.3) is 5.57 Å². The maximum atomic E-state index is 13.0. The molecule has 1 aromatic heterocycles. The summed E-state index contributed by atoms with van der Waals surface area (Å²) in [6, 6.07) is 7.05. The number of morpholine rings is 1. The molecule has 0 bridgehead atoms. The minimum Gasteiger partial charge on any atom is -0.473 e. The van der Waals surface area contributed by atoms with Crippen molar-refractivity contribution in [2.24, 2.45) is 0 Å². The summed E-state index contributed by atoms with van der Waals surface area (Å²) < 4.78 is 53.1. The Balaban J connectivity index is 1.92. The van der Waals surface area contributed by atoms with E-state index in [1.807, 2.05) is 33.8 Å². The van der Waals surface area contributed by atoms with Crippen molar-refractivity contribution in [3.8, 4) is 11.6 Å². The molecule has 1 aromatic carbocycles. The molecule has 1 N–H and O–H groups in total. The van der Waals surface area contributed by atoms with Crippen LogP contribution >= 0.6 is 0 Å². The second kappa shape index (κ2) is 12.6. The number of hydrogen-bond donors (Lipinski definition) is 1. The van der Waals surface area contributed by atoms with E-state index in [9.17, 15) is 18.0 Å². The molecule has 0 saturated carbocycles. The molecule has 1 aliphatic rings.